The molecule has 6 heteroatoms. The van der Waals surface area contributed by atoms with Gasteiger partial charge in [0.15, 0.2) is 0 Å². The molecule has 6 nitrogen and oxygen atoms in total. The molecule has 158 valence electrons. The highest BCUT2D eigenvalue weighted by Gasteiger charge is 2.37. The van der Waals surface area contributed by atoms with Crippen molar-refractivity contribution < 1.29 is 19.1 Å². The molecule has 0 bridgehead atoms. The molecule has 2 heterocycles. The quantitative estimate of drug-likeness (QED) is 0.575. The molecule has 1 aromatic heterocycles. The molecule has 1 amide bonds. The van der Waals surface area contributed by atoms with Crippen molar-refractivity contribution in [2.75, 3.05) is 0 Å². The van der Waals surface area contributed by atoms with Crippen molar-refractivity contribution in [2.45, 2.75) is 83.5 Å². The molecule has 1 N–H and O–H groups in total. The van der Waals surface area contributed by atoms with Gasteiger partial charge in [0.25, 0.3) is 0 Å². The fourth-order valence-electron chi connectivity index (χ4n) is 4.10. The first-order chi connectivity index (χ1) is 13.8. The molecule has 0 aromatic carbocycles. The SMILES string of the molecule is CC(C)(C)OC(=O)N[C@@H](CC1CCCCC1)[C@@H]1CC(=Cc2cccnc2)C(=O)O1. The van der Waals surface area contributed by atoms with Crippen LogP contribution in [0, 0.1) is 5.92 Å². The molecule has 29 heavy (non-hydrogen) atoms. The number of carbonyl (C=O) groups excluding carboxylic acids is 2. The Balaban J connectivity index is 1.71. The summed E-state index contributed by atoms with van der Waals surface area (Å²) in [4.78, 5) is 29.0. The molecule has 0 radical (unpaired) electrons. The summed E-state index contributed by atoms with van der Waals surface area (Å²) in [6.45, 7) is 5.52. The van der Waals surface area contributed by atoms with Gasteiger partial charge in [0.2, 0.25) is 0 Å². The summed E-state index contributed by atoms with van der Waals surface area (Å²) in [5, 5.41) is 2.99. The number of hydrogen-bond donors (Lipinski definition) is 1. The Morgan fingerprint density at radius 2 is 2.10 bits per heavy atom. The highest BCUT2D eigenvalue weighted by molar-refractivity contribution is 5.95. The number of rotatable bonds is 5. The number of nitrogens with one attached hydrogen (secondary N) is 1. The lowest BCUT2D eigenvalue weighted by atomic mass is 9.83. The summed E-state index contributed by atoms with van der Waals surface area (Å²) in [5.74, 6) is 0.215. The highest BCUT2D eigenvalue weighted by Crippen LogP contribution is 2.32. The first-order valence-corrected chi connectivity index (χ1v) is 10.6. The number of aromatic nitrogens is 1. The fourth-order valence-corrected chi connectivity index (χ4v) is 4.10. The maximum absolute atomic E-state index is 12.4. The van der Waals surface area contributed by atoms with E-state index in [0.717, 1.165) is 24.8 Å². The lowest BCUT2D eigenvalue weighted by molar-refractivity contribution is -0.140. The summed E-state index contributed by atoms with van der Waals surface area (Å²) < 4.78 is 11.1. The molecule has 2 fully saturated rings. The van der Waals surface area contributed by atoms with Crippen molar-refractivity contribution in [3.8, 4) is 0 Å². The van der Waals surface area contributed by atoms with Gasteiger partial charge in [-0.15, -0.1) is 0 Å². The van der Waals surface area contributed by atoms with Gasteiger partial charge in [-0.1, -0.05) is 38.2 Å². The number of hydrogen-bond acceptors (Lipinski definition) is 5. The van der Waals surface area contributed by atoms with E-state index in [1.807, 2.05) is 39.0 Å². The van der Waals surface area contributed by atoms with Crippen LogP contribution in [-0.4, -0.2) is 34.8 Å². The van der Waals surface area contributed by atoms with E-state index in [0.29, 0.717) is 17.9 Å². The molecule has 1 aromatic rings. The Bertz CT molecular complexity index is 733. The second-order valence-electron chi connectivity index (χ2n) is 9.10. The average Bonchev–Trinajstić information content (AvgIpc) is 3.02. The van der Waals surface area contributed by atoms with Crippen molar-refractivity contribution in [1.82, 2.24) is 10.3 Å². The van der Waals surface area contributed by atoms with Crippen LogP contribution in [0.5, 0.6) is 0 Å². The van der Waals surface area contributed by atoms with Crippen LogP contribution in [0.25, 0.3) is 6.08 Å². The van der Waals surface area contributed by atoms with E-state index in [4.69, 9.17) is 9.47 Å². The molecule has 0 unspecified atom stereocenters. The standard InChI is InChI=1S/C23H32N2O4/c1-23(2,3)29-22(27)25-19(13-16-8-5-4-6-9-16)20-14-18(21(26)28-20)12-17-10-7-11-24-15-17/h7,10-12,15-16,19-20H,4-6,8-9,13-14H2,1-3H3,(H,25,27)/t19-,20-/m0/s1. The lowest BCUT2D eigenvalue weighted by Crippen LogP contribution is -2.46. The van der Waals surface area contributed by atoms with Crippen LogP contribution in [-0.2, 0) is 14.3 Å². The zero-order chi connectivity index (χ0) is 20.9. The predicted octanol–water partition coefficient (Wildman–Crippen LogP) is 4.64. The van der Waals surface area contributed by atoms with Gasteiger partial charge in [-0.05, 0) is 50.8 Å². The summed E-state index contributed by atoms with van der Waals surface area (Å²) in [5.41, 5.74) is 0.906. The highest BCUT2D eigenvalue weighted by atomic mass is 16.6. The number of cyclic esters (lactones) is 1. The van der Waals surface area contributed by atoms with E-state index in [2.05, 4.69) is 10.3 Å². The van der Waals surface area contributed by atoms with Gasteiger partial charge in [-0.3, -0.25) is 4.98 Å². The molecule has 3 rings (SSSR count). The van der Waals surface area contributed by atoms with Crippen LogP contribution >= 0.6 is 0 Å². The summed E-state index contributed by atoms with van der Waals surface area (Å²) in [6, 6.07) is 3.48. The first-order valence-electron chi connectivity index (χ1n) is 10.6. The van der Waals surface area contributed by atoms with Gasteiger partial charge in [0.1, 0.15) is 11.7 Å². The van der Waals surface area contributed by atoms with Gasteiger partial charge in [-0.25, -0.2) is 9.59 Å². The Morgan fingerprint density at radius 1 is 1.34 bits per heavy atom. The number of esters is 1. The Morgan fingerprint density at radius 3 is 2.76 bits per heavy atom. The minimum atomic E-state index is -0.572. The van der Waals surface area contributed by atoms with Crippen LogP contribution in [0.4, 0.5) is 4.79 Å². The molecule has 0 spiro atoms. The molecule has 1 saturated heterocycles. The van der Waals surface area contributed by atoms with E-state index in [1.54, 1.807) is 12.4 Å². The zero-order valence-corrected chi connectivity index (χ0v) is 17.6. The van der Waals surface area contributed by atoms with Gasteiger partial charge in [0, 0.05) is 24.4 Å². The van der Waals surface area contributed by atoms with Gasteiger partial charge >= 0.3 is 12.1 Å². The molecule has 2 aliphatic rings. The molecule has 1 aliphatic heterocycles. The second-order valence-corrected chi connectivity index (χ2v) is 9.10. The molecule has 1 saturated carbocycles. The third kappa shape index (κ3) is 6.58. The van der Waals surface area contributed by atoms with Crippen LogP contribution < -0.4 is 5.32 Å². The van der Waals surface area contributed by atoms with Crippen molar-refractivity contribution >= 4 is 18.1 Å². The van der Waals surface area contributed by atoms with E-state index in [-0.39, 0.29) is 18.1 Å². The van der Waals surface area contributed by atoms with Gasteiger partial charge < -0.3 is 14.8 Å². The largest absolute Gasteiger partial charge is 0.456 e. The van der Waals surface area contributed by atoms with E-state index in [1.165, 1.54) is 19.3 Å². The number of nitrogens with zero attached hydrogens (tertiary/aromatic N) is 1. The number of pyridine rings is 1. The Hall–Kier alpha value is -2.37. The number of amides is 1. The van der Waals surface area contributed by atoms with E-state index < -0.39 is 11.7 Å². The fraction of sp³-hybridized carbons (Fsp3) is 0.609. The third-order valence-electron chi connectivity index (χ3n) is 5.43. The topological polar surface area (TPSA) is 77.5 Å². The maximum atomic E-state index is 12.4. The van der Waals surface area contributed by atoms with Crippen molar-refractivity contribution in [3.63, 3.8) is 0 Å². The molecule has 1 aliphatic carbocycles. The van der Waals surface area contributed by atoms with Crippen molar-refractivity contribution in [3.05, 3.63) is 35.7 Å². The maximum Gasteiger partial charge on any atom is 0.408 e. The van der Waals surface area contributed by atoms with Crippen molar-refractivity contribution in [1.29, 1.82) is 0 Å². The van der Waals surface area contributed by atoms with E-state index >= 15 is 0 Å². The van der Waals surface area contributed by atoms with Crippen LogP contribution in [0.2, 0.25) is 0 Å². The number of carbonyl (C=O) groups is 2. The second kappa shape index (κ2) is 9.42. The average molecular weight is 401 g/mol. The monoisotopic (exact) mass is 400 g/mol. The molecule has 2 atom stereocenters. The number of ether oxygens (including phenoxy) is 2. The van der Waals surface area contributed by atoms with E-state index in [9.17, 15) is 9.59 Å². The Labute approximate surface area is 173 Å². The lowest BCUT2D eigenvalue weighted by Gasteiger charge is -2.30. The summed E-state index contributed by atoms with van der Waals surface area (Å²) in [7, 11) is 0. The summed E-state index contributed by atoms with van der Waals surface area (Å²) >= 11 is 0. The molecular formula is C23H32N2O4. The number of alkyl carbamates (subject to hydrolysis) is 1. The normalized spacial score (nSPS) is 22.9. The minimum absolute atomic E-state index is 0.253. The van der Waals surface area contributed by atoms with Crippen LogP contribution in [0.3, 0.4) is 0 Å². The van der Waals surface area contributed by atoms with Crippen molar-refractivity contribution in [2.24, 2.45) is 5.92 Å². The minimum Gasteiger partial charge on any atom is -0.456 e. The predicted molar refractivity (Wildman–Crippen MR) is 111 cm³/mol. The molecular weight excluding hydrogens is 368 g/mol. The third-order valence-corrected chi connectivity index (χ3v) is 5.43. The first kappa shape index (κ1) is 21.3. The smallest absolute Gasteiger partial charge is 0.408 e. The zero-order valence-electron chi connectivity index (χ0n) is 17.6. The van der Waals surface area contributed by atoms with Gasteiger partial charge in [0.05, 0.1) is 6.04 Å². The Kier molecular flexibility index (Phi) is 6.93. The van der Waals surface area contributed by atoms with Crippen LogP contribution in [0.1, 0.15) is 71.3 Å². The van der Waals surface area contributed by atoms with Crippen LogP contribution in [0.15, 0.2) is 30.1 Å². The summed E-state index contributed by atoms with van der Waals surface area (Å²) in [6.07, 6.45) is 11.7. The van der Waals surface area contributed by atoms with Gasteiger partial charge in [-0.2, -0.15) is 0 Å².